The molecule has 1 aromatic carbocycles. The predicted molar refractivity (Wildman–Crippen MR) is 61.0 cm³/mol. The summed E-state index contributed by atoms with van der Waals surface area (Å²) in [6.45, 7) is 5.85. The number of hydrogen-bond acceptors (Lipinski definition) is 3. The monoisotopic (exact) mass is 195 g/mol. The third-order valence-electron chi connectivity index (χ3n) is 1.64. The lowest BCUT2D eigenvalue weighted by Crippen LogP contribution is -2.01. The highest BCUT2D eigenvalue weighted by Crippen LogP contribution is 2.23. The molecule has 14 heavy (non-hydrogen) atoms. The van der Waals surface area contributed by atoms with Crippen molar-refractivity contribution in [2.24, 2.45) is 0 Å². The van der Waals surface area contributed by atoms with Gasteiger partial charge in [0.15, 0.2) is 0 Å². The minimum absolute atomic E-state index is 0.477. The lowest BCUT2D eigenvalue weighted by molar-refractivity contribution is -0.105. The number of carbonyl (C=O) groups excluding carboxylic acids is 1. The van der Waals surface area contributed by atoms with E-state index in [4.69, 9.17) is 11.5 Å². The van der Waals surface area contributed by atoms with Gasteiger partial charge in [-0.25, -0.2) is 0 Å². The summed E-state index contributed by atoms with van der Waals surface area (Å²) in [6.07, 6.45) is 0.609. The van der Waals surface area contributed by atoms with Crippen molar-refractivity contribution < 1.29 is 4.79 Å². The molecule has 0 aliphatic carbocycles. The van der Waals surface area contributed by atoms with E-state index in [-0.39, 0.29) is 0 Å². The van der Waals surface area contributed by atoms with E-state index >= 15 is 0 Å². The number of nitrogens with one attached hydrogen (secondary N) is 1. The van der Waals surface area contributed by atoms with E-state index in [1.54, 1.807) is 12.1 Å². The molecule has 1 rings (SSSR count). The van der Waals surface area contributed by atoms with Gasteiger partial charge in [-0.05, 0) is 24.6 Å². The van der Waals surface area contributed by atoms with Gasteiger partial charge in [-0.2, -0.15) is 0 Å². The Kier molecular flexibility index (Phi) is 5.14. The maximum absolute atomic E-state index is 10.1. The summed E-state index contributed by atoms with van der Waals surface area (Å²) in [5.41, 5.74) is 13.7. The van der Waals surface area contributed by atoms with Crippen molar-refractivity contribution in [3.63, 3.8) is 0 Å². The van der Waals surface area contributed by atoms with Gasteiger partial charge < -0.3 is 16.8 Å². The van der Waals surface area contributed by atoms with Crippen molar-refractivity contribution in [2.75, 3.05) is 16.8 Å². The van der Waals surface area contributed by atoms with Crippen LogP contribution in [0.1, 0.15) is 19.4 Å². The molecule has 1 aromatic rings. The summed E-state index contributed by atoms with van der Waals surface area (Å²) in [6, 6.07) is 3.36. The van der Waals surface area contributed by atoms with Crippen molar-refractivity contribution in [1.29, 1.82) is 0 Å². The third-order valence-corrected chi connectivity index (χ3v) is 1.64. The number of hydrogen-bond donors (Lipinski definition) is 3. The van der Waals surface area contributed by atoms with Crippen LogP contribution < -0.4 is 16.8 Å². The molecular formula is C10H17N3O. The van der Waals surface area contributed by atoms with Gasteiger partial charge in [0.2, 0.25) is 6.41 Å². The van der Waals surface area contributed by atoms with Gasteiger partial charge >= 0.3 is 0 Å². The number of anilines is 3. The van der Waals surface area contributed by atoms with Crippen LogP contribution in [0, 0.1) is 6.92 Å². The Morgan fingerprint density at radius 3 is 2.21 bits per heavy atom. The molecule has 0 bridgehead atoms. The zero-order valence-electron chi connectivity index (χ0n) is 8.79. The summed E-state index contributed by atoms with van der Waals surface area (Å²) >= 11 is 0. The van der Waals surface area contributed by atoms with Crippen LogP contribution in [0.25, 0.3) is 0 Å². The molecule has 1 amide bonds. The first kappa shape index (κ1) is 12.3. The second-order valence-corrected chi connectivity index (χ2v) is 2.56. The lowest BCUT2D eigenvalue weighted by Gasteiger charge is -2.07. The average Bonchev–Trinajstić information content (AvgIpc) is 2.18. The Bertz CT molecular complexity index is 310. The van der Waals surface area contributed by atoms with E-state index in [0.717, 1.165) is 5.56 Å². The summed E-state index contributed by atoms with van der Waals surface area (Å²) in [5.74, 6) is 0. The minimum Gasteiger partial charge on any atom is -0.397 e. The quantitative estimate of drug-likeness (QED) is 0.496. The number of benzene rings is 1. The van der Waals surface area contributed by atoms with Gasteiger partial charge in [-0.3, -0.25) is 4.79 Å². The molecule has 78 valence electrons. The van der Waals surface area contributed by atoms with E-state index in [1.807, 2.05) is 20.8 Å². The highest BCUT2D eigenvalue weighted by molar-refractivity contribution is 5.79. The van der Waals surface area contributed by atoms with Crippen LogP contribution in [-0.4, -0.2) is 6.41 Å². The molecule has 4 heteroatoms. The maximum atomic E-state index is 10.1. The molecule has 5 N–H and O–H groups in total. The van der Waals surface area contributed by atoms with E-state index in [1.165, 1.54) is 0 Å². The number of aryl methyl sites for hydroxylation is 1. The van der Waals surface area contributed by atoms with Crippen molar-refractivity contribution >= 4 is 23.5 Å². The molecular weight excluding hydrogens is 178 g/mol. The van der Waals surface area contributed by atoms with Crippen LogP contribution in [-0.2, 0) is 4.79 Å². The molecule has 0 radical (unpaired) electrons. The summed E-state index contributed by atoms with van der Waals surface area (Å²) in [4.78, 5) is 10.1. The molecule has 0 atom stereocenters. The summed E-state index contributed by atoms with van der Waals surface area (Å²) in [7, 11) is 0. The molecule has 0 heterocycles. The van der Waals surface area contributed by atoms with E-state index < -0.39 is 0 Å². The zero-order valence-corrected chi connectivity index (χ0v) is 8.79. The SMILES string of the molecule is CC.Cc1cc(N)c(N)cc1NC=O. The Morgan fingerprint density at radius 2 is 1.71 bits per heavy atom. The van der Waals surface area contributed by atoms with E-state index in [9.17, 15) is 4.79 Å². The first-order valence-corrected chi connectivity index (χ1v) is 4.51. The Hall–Kier alpha value is -1.71. The van der Waals surface area contributed by atoms with Crippen LogP contribution in [0.5, 0.6) is 0 Å². The fraction of sp³-hybridized carbons (Fsp3) is 0.300. The fourth-order valence-corrected chi connectivity index (χ4v) is 0.966. The molecule has 0 aliphatic heterocycles. The van der Waals surface area contributed by atoms with Crippen LogP contribution in [0.15, 0.2) is 12.1 Å². The number of nitrogen functional groups attached to an aromatic ring is 2. The van der Waals surface area contributed by atoms with Crippen LogP contribution >= 0.6 is 0 Å². The van der Waals surface area contributed by atoms with Crippen LogP contribution in [0.3, 0.4) is 0 Å². The average molecular weight is 195 g/mol. The predicted octanol–water partition coefficient (Wildman–Crippen LogP) is 1.75. The Balaban J connectivity index is 0.000000791. The molecule has 0 aliphatic rings. The number of carbonyl (C=O) groups is 1. The smallest absolute Gasteiger partial charge is 0.211 e. The van der Waals surface area contributed by atoms with Gasteiger partial charge in [-0.1, -0.05) is 13.8 Å². The van der Waals surface area contributed by atoms with E-state index in [2.05, 4.69) is 5.32 Å². The number of nitrogens with two attached hydrogens (primary N) is 2. The van der Waals surface area contributed by atoms with Crippen LogP contribution in [0.4, 0.5) is 17.1 Å². The Morgan fingerprint density at radius 1 is 1.21 bits per heavy atom. The Labute approximate surface area is 84.3 Å². The van der Waals surface area contributed by atoms with Gasteiger partial charge in [0, 0.05) is 5.69 Å². The normalized spacial score (nSPS) is 8.50. The van der Waals surface area contributed by atoms with Crippen molar-refractivity contribution in [2.45, 2.75) is 20.8 Å². The second-order valence-electron chi connectivity index (χ2n) is 2.56. The van der Waals surface area contributed by atoms with Crippen molar-refractivity contribution in [3.05, 3.63) is 17.7 Å². The molecule has 0 fully saturated rings. The molecule has 0 saturated carbocycles. The van der Waals surface area contributed by atoms with Crippen molar-refractivity contribution in [1.82, 2.24) is 0 Å². The van der Waals surface area contributed by atoms with Gasteiger partial charge in [0.05, 0.1) is 11.4 Å². The molecule has 0 saturated heterocycles. The van der Waals surface area contributed by atoms with Gasteiger partial charge in [0.25, 0.3) is 0 Å². The maximum Gasteiger partial charge on any atom is 0.211 e. The second kappa shape index (κ2) is 5.85. The van der Waals surface area contributed by atoms with E-state index in [0.29, 0.717) is 23.5 Å². The third kappa shape index (κ3) is 2.97. The first-order chi connectivity index (χ1) is 6.65. The topological polar surface area (TPSA) is 81.1 Å². The summed E-state index contributed by atoms with van der Waals surface area (Å²) in [5, 5.41) is 2.53. The standard InChI is InChI=1S/C8H11N3O.C2H6/c1-5-2-6(9)7(10)3-8(5)11-4-12;1-2/h2-4H,9-10H2,1H3,(H,11,12);1-2H3. The van der Waals surface area contributed by atoms with Gasteiger partial charge in [0.1, 0.15) is 0 Å². The molecule has 4 nitrogen and oxygen atoms in total. The van der Waals surface area contributed by atoms with Gasteiger partial charge in [-0.15, -0.1) is 0 Å². The zero-order chi connectivity index (χ0) is 11.1. The highest BCUT2D eigenvalue weighted by Gasteiger charge is 2.00. The first-order valence-electron chi connectivity index (χ1n) is 4.51. The molecule has 0 aromatic heterocycles. The summed E-state index contributed by atoms with van der Waals surface area (Å²) < 4.78 is 0. The number of amides is 1. The number of rotatable bonds is 2. The minimum atomic E-state index is 0.477. The molecule has 0 spiro atoms. The fourth-order valence-electron chi connectivity index (χ4n) is 0.966. The highest BCUT2D eigenvalue weighted by atomic mass is 16.1. The van der Waals surface area contributed by atoms with Crippen molar-refractivity contribution in [3.8, 4) is 0 Å². The lowest BCUT2D eigenvalue weighted by atomic mass is 10.1. The van der Waals surface area contributed by atoms with Crippen LogP contribution in [0.2, 0.25) is 0 Å². The largest absolute Gasteiger partial charge is 0.397 e. The molecule has 0 unspecified atom stereocenters.